The van der Waals surface area contributed by atoms with Crippen LogP contribution in [0.4, 0.5) is 14.5 Å². The predicted octanol–water partition coefficient (Wildman–Crippen LogP) is 3.81. The maximum Gasteiger partial charge on any atom is 0.255 e. The van der Waals surface area contributed by atoms with Gasteiger partial charge in [0.2, 0.25) is 0 Å². The molecule has 0 aliphatic carbocycles. The molecule has 1 aliphatic heterocycles. The lowest BCUT2D eigenvalue weighted by Crippen LogP contribution is -2.18. The van der Waals surface area contributed by atoms with Crippen molar-refractivity contribution in [2.75, 3.05) is 18.4 Å². The summed E-state index contributed by atoms with van der Waals surface area (Å²) in [5.41, 5.74) is 1.88. The first-order valence-corrected chi connectivity index (χ1v) is 7.69. The highest BCUT2D eigenvalue weighted by Crippen LogP contribution is 2.16. The van der Waals surface area contributed by atoms with E-state index in [-0.39, 0.29) is 11.6 Å². The van der Waals surface area contributed by atoms with Crippen molar-refractivity contribution in [1.29, 1.82) is 0 Å². The Morgan fingerprint density at radius 1 is 1.00 bits per heavy atom. The lowest BCUT2D eigenvalue weighted by atomic mass is 10.1. The zero-order valence-corrected chi connectivity index (χ0v) is 12.7. The van der Waals surface area contributed by atoms with Crippen LogP contribution >= 0.6 is 0 Å². The maximum atomic E-state index is 13.1. The van der Waals surface area contributed by atoms with Gasteiger partial charge in [-0.3, -0.25) is 9.69 Å². The number of anilines is 1. The molecule has 1 fully saturated rings. The van der Waals surface area contributed by atoms with E-state index in [0.29, 0.717) is 5.56 Å². The van der Waals surface area contributed by atoms with E-state index in [0.717, 1.165) is 37.3 Å². The van der Waals surface area contributed by atoms with Gasteiger partial charge < -0.3 is 5.32 Å². The van der Waals surface area contributed by atoms with E-state index in [2.05, 4.69) is 10.2 Å². The average Bonchev–Trinajstić information content (AvgIpc) is 3.04. The normalized spacial score (nSPS) is 14.9. The Hall–Kier alpha value is -2.27. The zero-order chi connectivity index (χ0) is 16.2. The van der Waals surface area contributed by atoms with Gasteiger partial charge in [-0.05, 0) is 55.8 Å². The van der Waals surface area contributed by atoms with Crippen molar-refractivity contribution >= 4 is 11.6 Å². The lowest BCUT2D eigenvalue weighted by Gasteiger charge is -2.14. The number of amides is 1. The summed E-state index contributed by atoms with van der Waals surface area (Å²) in [5.74, 6) is -2.26. The van der Waals surface area contributed by atoms with E-state index >= 15 is 0 Å². The highest BCUT2D eigenvalue weighted by molar-refractivity contribution is 6.04. The smallest absolute Gasteiger partial charge is 0.255 e. The molecule has 5 heteroatoms. The van der Waals surface area contributed by atoms with Crippen LogP contribution in [0, 0.1) is 11.6 Å². The number of carbonyl (C=O) groups excluding carboxylic acids is 1. The van der Waals surface area contributed by atoms with E-state index in [1.54, 1.807) is 12.1 Å². The Kier molecular flexibility index (Phi) is 4.67. The molecule has 0 atom stereocenters. The quantitative estimate of drug-likeness (QED) is 0.930. The van der Waals surface area contributed by atoms with Gasteiger partial charge in [-0.2, -0.15) is 0 Å². The molecule has 0 radical (unpaired) electrons. The van der Waals surface area contributed by atoms with Gasteiger partial charge in [0, 0.05) is 23.9 Å². The van der Waals surface area contributed by atoms with E-state index in [9.17, 15) is 13.6 Å². The summed E-state index contributed by atoms with van der Waals surface area (Å²) in [6.07, 6.45) is 2.49. The standard InChI is InChI=1S/C18H18F2N2O/c19-16-8-7-15(11-17(16)20)21-18(23)14-5-3-13(4-6-14)12-22-9-1-2-10-22/h3-8,11H,1-2,9-10,12H2,(H,21,23). The second-order valence-corrected chi connectivity index (χ2v) is 5.76. The summed E-state index contributed by atoms with van der Waals surface area (Å²) in [7, 11) is 0. The molecule has 2 aromatic rings. The molecule has 1 N–H and O–H groups in total. The van der Waals surface area contributed by atoms with Crippen LogP contribution in [0.2, 0.25) is 0 Å². The minimum absolute atomic E-state index is 0.232. The van der Waals surface area contributed by atoms with E-state index in [1.165, 1.54) is 18.9 Å². The summed E-state index contributed by atoms with van der Waals surface area (Å²) in [6.45, 7) is 3.14. The largest absolute Gasteiger partial charge is 0.322 e. The van der Waals surface area contributed by atoms with Crippen molar-refractivity contribution in [3.05, 3.63) is 65.2 Å². The van der Waals surface area contributed by atoms with Crippen LogP contribution in [0.1, 0.15) is 28.8 Å². The fourth-order valence-electron chi connectivity index (χ4n) is 2.74. The SMILES string of the molecule is O=C(Nc1ccc(F)c(F)c1)c1ccc(CN2CCCC2)cc1. The molecule has 0 spiro atoms. The molecular weight excluding hydrogens is 298 g/mol. The fourth-order valence-corrected chi connectivity index (χ4v) is 2.74. The molecule has 120 valence electrons. The first kappa shape index (κ1) is 15.6. The van der Waals surface area contributed by atoms with E-state index in [1.807, 2.05) is 12.1 Å². The van der Waals surface area contributed by atoms with Crippen molar-refractivity contribution in [3.63, 3.8) is 0 Å². The molecule has 1 heterocycles. The molecule has 3 rings (SSSR count). The van der Waals surface area contributed by atoms with Gasteiger partial charge in [-0.25, -0.2) is 8.78 Å². The first-order valence-electron chi connectivity index (χ1n) is 7.69. The first-order chi connectivity index (χ1) is 11.1. The van der Waals surface area contributed by atoms with Gasteiger partial charge in [-0.1, -0.05) is 12.1 Å². The molecule has 1 aliphatic rings. The third-order valence-corrected chi connectivity index (χ3v) is 4.00. The molecule has 0 unspecified atom stereocenters. The van der Waals surface area contributed by atoms with Crippen molar-refractivity contribution in [2.45, 2.75) is 19.4 Å². The highest BCUT2D eigenvalue weighted by atomic mass is 19.2. The van der Waals surface area contributed by atoms with Crippen LogP contribution in [0.15, 0.2) is 42.5 Å². The molecule has 3 nitrogen and oxygen atoms in total. The van der Waals surface area contributed by atoms with Crippen LogP contribution < -0.4 is 5.32 Å². The third kappa shape index (κ3) is 3.93. The van der Waals surface area contributed by atoms with Gasteiger partial charge in [0.25, 0.3) is 5.91 Å². The Morgan fingerprint density at radius 3 is 2.35 bits per heavy atom. The fraction of sp³-hybridized carbons (Fsp3) is 0.278. The number of hydrogen-bond donors (Lipinski definition) is 1. The summed E-state index contributed by atoms with van der Waals surface area (Å²) in [5, 5.41) is 2.56. The minimum Gasteiger partial charge on any atom is -0.322 e. The number of benzene rings is 2. The van der Waals surface area contributed by atoms with E-state index < -0.39 is 11.6 Å². The van der Waals surface area contributed by atoms with Crippen LogP contribution in [0.5, 0.6) is 0 Å². The molecule has 23 heavy (non-hydrogen) atoms. The zero-order valence-electron chi connectivity index (χ0n) is 12.7. The number of rotatable bonds is 4. The molecule has 0 bridgehead atoms. The lowest BCUT2D eigenvalue weighted by molar-refractivity contribution is 0.102. The second kappa shape index (κ2) is 6.87. The van der Waals surface area contributed by atoms with Gasteiger partial charge >= 0.3 is 0 Å². The summed E-state index contributed by atoms with van der Waals surface area (Å²) in [4.78, 5) is 14.5. The van der Waals surface area contributed by atoms with Crippen LogP contribution in [-0.4, -0.2) is 23.9 Å². The second-order valence-electron chi connectivity index (χ2n) is 5.76. The van der Waals surface area contributed by atoms with Crippen molar-refractivity contribution in [2.24, 2.45) is 0 Å². The summed E-state index contributed by atoms with van der Waals surface area (Å²) in [6, 6.07) is 10.6. The highest BCUT2D eigenvalue weighted by Gasteiger charge is 2.12. The summed E-state index contributed by atoms with van der Waals surface area (Å²) >= 11 is 0. The average molecular weight is 316 g/mol. The maximum absolute atomic E-state index is 13.1. The number of halogens is 2. The summed E-state index contributed by atoms with van der Waals surface area (Å²) < 4.78 is 26.0. The van der Waals surface area contributed by atoms with Gasteiger partial charge in [0.1, 0.15) is 0 Å². The van der Waals surface area contributed by atoms with Crippen molar-refractivity contribution < 1.29 is 13.6 Å². The number of hydrogen-bond acceptors (Lipinski definition) is 2. The Labute approximate surface area is 133 Å². The van der Waals surface area contributed by atoms with Crippen molar-refractivity contribution in [1.82, 2.24) is 4.90 Å². The molecule has 1 saturated heterocycles. The van der Waals surface area contributed by atoms with Crippen LogP contribution in [-0.2, 0) is 6.54 Å². The number of carbonyl (C=O) groups is 1. The molecule has 0 aromatic heterocycles. The van der Waals surface area contributed by atoms with Gasteiger partial charge in [-0.15, -0.1) is 0 Å². The van der Waals surface area contributed by atoms with Crippen LogP contribution in [0.3, 0.4) is 0 Å². The Balaban J connectivity index is 1.63. The third-order valence-electron chi connectivity index (χ3n) is 4.00. The number of nitrogens with zero attached hydrogens (tertiary/aromatic N) is 1. The topological polar surface area (TPSA) is 32.3 Å². The molecule has 0 saturated carbocycles. The van der Waals surface area contributed by atoms with Crippen LogP contribution in [0.25, 0.3) is 0 Å². The van der Waals surface area contributed by atoms with Crippen molar-refractivity contribution in [3.8, 4) is 0 Å². The molecular formula is C18H18F2N2O. The molecule has 1 amide bonds. The Bertz CT molecular complexity index is 695. The monoisotopic (exact) mass is 316 g/mol. The predicted molar refractivity (Wildman–Crippen MR) is 85.3 cm³/mol. The van der Waals surface area contributed by atoms with E-state index in [4.69, 9.17) is 0 Å². The Morgan fingerprint density at radius 2 is 1.70 bits per heavy atom. The van der Waals surface area contributed by atoms with Gasteiger partial charge in [0.05, 0.1) is 0 Å². The van der Waals surface area contributed by atoms with Gasteiger partial charge in [0.15, 0.2) is 11.6 Å². The number of nitrogens with one attached hydrogen (secondary N) is 1. The minimum atomic E-state index is -0.983. The molecule has 2 aromatic carbocycles. The number of likely N-dealkylation sites (tertiary alicyclic amines) is 1.